The van der Waals surface area contributed by atoms with Crippen LogP contribution in [0.3, 0.4) is 0 Å². The fraction of sp³-hybridized carbons (Fsp3) is 0.957. The number of hydrogen-bond donors (Lipinski definition) is 0. The molecule has 0 saturated heterocycles. The Morgan fingerprint density at radius 2 is 0.750 bits per heavy atom. The van der Waals surface area contributed by atoms with E-state index >= 15 is 0 Å². The zero-order valence-electron chi connectivity index (χ0n) is 15.0. The molecule has 9 aliphatic carbocycles. The molecule has 130 valence electrons. The van der Waals surface area contributed by atoms with Crippen LogP contribution >= 0.6 is 0 Å². The van der Waals surface area contributed by atoms with Crippen LogP contribution < -0.4 is 0 Å². The van der Waals surface area contributed by atoms with Gasteiger partial charge in [-0.1, -0.05) is 0 Å². The Labute approximate surface area is 146 Å². The number of ketones is 1. The molecule has 2 atom stereocenters. The molecule has 9 fully saturated rings. The average molecular weight is 325 g/mol. The van der Waals surface area contributed by atoms with Gasteiger partial charge in [-0.2, -0.15) is 0 Å². The van der Waals surface area contributed by atoms with E-state index in [9.17, 15) is 4.79 Å². The quantitative estimate of drug-likeness (QED) is 0.679. The van der Waals surface area contributed by atoms with Crippen LogP contribution in [0.2, 0.25) is 0 Å². The molecule has 8 bridgehead atoms. The SMILES string of the molecule is O=C1[C@@H](C23CC4CC(CC(C4)C2)C3)[C@H]1C12CC3CC(CC(C3)C1)C2. The van der Waals surface area contributed by atoms with E-state index in [1.807, 2.05) is 0 Å². The molecule has 0 unspecified atom stereocenters. The van der Waals surface area contributed by atoms with Gasteiger partial charge in [0.2, 0.25) is 0 Å². The maximum atomic E-state index is 13.2. The predicted molar refractivity (Wildman–Crippen MR) is 93.2 cm³/mol. The molecule has 0 aromatic carbocycles. The summed E-state index contributed by atoms with van der Waals surface area (Å²) in [7, 11) is 0. The second kappa shape index (κ2) is 4.15. The van der Waals surface area contributed by atoms with Crippen molar-refractivity contribution in [2.75, 3.05) is 0 Å². The third-order valence-electron chi connectivity index (χ3n) is 10.3. The number of Topliss-reactive ketones (excluding diaryl/α,β-unsaturated/α-hetero) is 1. The minimum Gasteiger partial charge on any atom is -0.299 e. The van der Waals surface area contributed by atoms with Crippen LogP contribution in [0.25, 0.3) is 0 Å². The molecule has 1 nitrogen and oxygen atoms in total. The fourth-order valence-electron chi connectivity index (χ4n) is 10.7. The highest BCUT2D eigenvalue weighted by Gasteiger charge is 2.72. The lowest BCUT2D eigenvalue weighted by Gasteiger charge is -2.59. The molecule has 0 aliphatic heterocycles. The van der Waals surface area contributed by atoms with Crippen molar-refractivity contribution in [2.24, 2.45) is 58.2 Å². The largest absolute Gasteiger partial charge is 0.299 e. The summed E-state index contributed by atoms with van der Waals surface area (Å²) in [6, 6.07) is 0. The first-order valence-electron chi connectivity index (χ1n) is 11.2. The van der Waals surface area contributed by atoms with Crippen LogP contribution in [0, 0.1) is 58.2 Å². The van der Waals surface area contributed by atoms with Gasteiger partial charge in [-0.05, 0) is 123 Å². The van der Waals surface area contributed by atoms with Gasteiger partial charge in [-0.25, -0.2) is 0 Å². The molecule has 0 amide bonds. The van der Waals surface area contributed by atoms with Gasteiger partial charge in [0.15, 0.2) is 0 Å². The molecule has 0 aromatic rings. The molecule has 0 radical (unpaired) electrons. The van der Waals surface area contributed by atoms with E-state index < -0.39 is 0 Å². The molecular formula is C23H32O. The van der Waals surface area contributed by atoms with Gasteiger partial charge in [0.25, 0.3) is 0 Å². The maximum absolute atomic E-state index is 13.2. The standard InChI is InChI=1S/C23H32O/c24-21-19(22-7-13-1-14(8-22)3-15(2-13)9-22)20(21)23-10-16-4-17(11-23)6-18(5-16)12-23/h13-20H,1-12H2/t13?,14?,15?,16?,17?,18?,19-,20+,22?,23?. The van der Waals surface area contributed by atoms with E-state index in [1.54, 1.807) is 0 Å². The van der Waals surface area contributed by atoms with Gasteiger partial charge in [-0.3, -0.25) is 4.79 Å². The molecule has 9 saturated carbocycles. The summed E-state index contributed by atoms with van der Waals surface area (Å²) >= 11 is 0. The van der Waals surface area contributed by atoms with E-state index in [2.05, 4.69) is 0 Å². The van der Waals surface area contributed by atoms with Crippen molar-refractivity contribution in [3.05, 3.63) is 0 Å². The minimum absolute atomic E-state index is 0.500. The molecule has 0 spiro atoms. The topological polar surface area (TPSA) is 17.1 Å². The summed E-state index contributed by atoms with van der Waals surface area (Å²) in [5.41, 5.74) is 1.000. The third kappa shape index (κ3) is 1.62. The number of carbonyl (C=O) groups excluding carboxylic acids is 1. The highest BCUT2D eigenvalue weighted by molar-refractivity contribution is 6.01. The second-order valence-electron chi connectivity index (χ2n) is 11.9. The van der Waals surface area contributed by atoms with Gasteiger partial charge in [0.05, 0.1) is 0 Å². The fourth-order valence-corrected chi connectivity index (χ4v) is 10.7. The Balaban J connectivity index is 1.23. The monoisotopic (exact) mass is 324 g/mol. The van der Waals surface area contributed by atoms with Crippen LogP contribution in [0.15, 0.2) is 0 Å². The van der Waals surface area contributed by atoms with Crippen LogP contribution in [-0.2, 0) is 4.79 Å². The van der Waals surface area contributed by atoms with Crippen molar-refractivity contribution >= 4 is 5.78 Å². The van der Waals surface area contributed by atoms with Crippen LogP contribution in [0.1, 0.15) is 77.0 Å². The Hall–Kier alpha value is -0.330. The highest BCUT2D eigenvalue weighted by Crippen LogP contribution is 2.74. The molecule has 9 aliphatic rings. The molecule has 0 heterocycles. The Morgan fingerprint density at radius 3 is 1.00 bits per heavy atom. The van der Waals surface area contributed by atoms with Crippen molar-refractivity contribution in [3.63, 3.8) is 0 Å². The van der Waals surface area contributed by atoms with E-state index in [0.717, 1.165) is 41.3 Å². The first kappa shape index (κ1) is 13.8. The van der Waals surface area contributed by atoms with Crippen molar-refractivity contribution in [2.45, 2.75) is 77.0 Å². The Bertz CT molecular complexity index is 493. The van der Waals surface area contributed by atoms with Crippen LogP contribution in [0.5, 0.6) is 0 Å². The number of rotatable bonds is 2. The molecule has 9 rings (SSSR count). The average Bonchev–Trinajstić information content (AvgIpc) is 3.18. The predicted octanol–water partition coefficient (Wildman–Crippen LogP) is 5.23. The first-order valence-corrected chi connectivity index (χ1v) is 11.2. The normalized spacial score (nSPS) is 65.6. The first-order chi connectivity index (χ1) is 11.6. The summed E-state index contributed by atoms with van der Waals surface area (Å²) in [6.07, 6.45) is 17.8. The van der Waals surface area contributed by atoms with Crippen molar-refractivity contribution < 1.29 is 4.79 Å². The van der Waals surface area contributed by atoms with E-state index in [-0.39, 0.29) is 0 Å². The lowest BCUT2D eigenvalue weighted by molar-refractivity contribution is -0.118. The maximum Gasteiger partial charge on any atom is 0.141 e. The van der Waals surface area contributed by atoms with E-state index in [1.165, 1.54) is 77.0 Å². The van der Waals surface area contributed by atoms with Crippen LogP contribution in [-0.4, -0.2) is 5.78 Å². The molecule has 1 heteroatoms. The third-order valence-corrected chi connectivity index (χ3v) is 10.3. The summed E-state index contributed by atoms with van der Waals surface area (Å²) < 4.78 is 0. The summed E-state index contributed by atoms with van der Waals surface area (Å²) in [5, 5.41) is 0. The van der Waals surface area contributed by atoms with Gasteiger partial charge < -0.3 is 0 Å². The lowest BCUT2D eigenvalue weighted by Crippen LogP contribution is -2.50. The number of carbonyl (C=O) groups is 1. The summed E-state index contributed by atoms with van der Waals surface area (Å²) in [6.45, 7) is 0. The molecular weight excluding hydrogens is 292 g/mol. The lowest BCUT2D eigenvalue weighted by atomic mass is 9.45. The zero-order chi connectivity index (χ0) is 15.7. The van der Waals surface area contributed by atoms with Gasteiger partial charge in [0, 0.05) is 11.8 Å². The smallest absolute Gasteiger partial charge is 0.141 e. The Kier molecular flexibility index (Phi) is 2.39. The summed E-state index contributed by atoms with van der Waals surface area (Å²) in [5.74, 6) is 7.83. The van der Waals surface area contributed by atoms with Gasteiger partial charge in [0.1, 0.15) is 5.78 Å². The summed E-state index contributed by atoms with van der Waals surface area (Å²) in [4.78, 5) is 13.2. The van der Waals surface area contributed by atoms with Crippen molar-refractivity contribution in [1.29, 1.82) is 0 Å². The van der Waals surface area contributed by atoms with Crippen LogP contribution in [0.4, 0.5) is 0 Å². The zero-order valence-corrected chi connectivity index (χ0v) is 15.0. The van der Waals surface area contributed by atoms with E-state index in [0.29, 0.717) is 22.7 Å². The Morgan fingerprint density at radius 1 is 0.500 bits per heavy atom. The molecule has 0 N–H and O–H groups in total. The number of hydrogen-bond acceptors (Lipinski definition) is 1. The molecule has 24 heavy (non-hydrogen) atoms. The minimum atomic E-state index is 0.500. The van der Waals surface area contributed by atoms with Crippen molar-refractivity contribution in [3.8, 4) is 0 Å². The van der Waals surface area contributed by atoms with Gasteiger partial charge >= 0.3 is 0 Å². The highest BCUT2D eigenvalue weighted by atomic mass is 16.1. The second-order valence-corrected chi connectivity index (χ2v) is 11.9. The van der Waals surface area contributed by atoms with E-state index in [4.69, 9.17) is 0 Å². The molecule has 0 aromatic heterocycles. The van der Waals surface area contributed by atoms with Crippen molar-refractivity contribution in [1.82, 2.24) is 0 Å². The van der Waals surface area contributed by atoms with Gasteiger partial charge in [-0.15, -0.1) is 0 Å².